The van der Waals surface area contributed by atoms with E-state index < -0.39 is 30.2 Å². The molecule has 8 heteroatoms. The Labute approximate surface area is 144 Å². The van der Waals surface area contributed by atoms with Crippen molar-refractivity contribution in [3.8, 4) is 0 Å². The summed E-state index contributed by atoms with van der Waals surface area (Å²) in [7, 11) is 0. The van der Waals surface area contributed by atoms with Crippen LogP contribution in [-0.4, -0.2) is 58.7 Å². The second-order valence-electron chi connectivity index (χ2n) is 7.65. The molecule has 0 radical (unpaired) electrons. The molecule has 25 heavy (non-hydrogen) atoms. The van der Waals surface area contributed by atoms with E-state index in [9.17, 15) is 18.4 Å². The SMILES string of the molecule is O=C(c1cocn1)N1CC(F)(F)C[C@]2(CCN(CC3CCC3)C2=O)C1. The van der Waals surface area contributed by atoms with E-state index in [1.807, 2.05) is 0 Å². The van der Waals surface area contributed by atoms with Crippen LogP contribution in [0.3, 0.4) is 0 Å². The molecule has 0 N–H and O–H groups in total. The molecular formula is C17H21F2N3O3. The molecule has 0 bridgehead atoms. The molecule has 1 aliphatic carbocycles. The number of hydrogen-bond acceptors (Lipinski definition) is 4. The van der Waals surface area contributed by atoms with Crippen molar-refractivity contribution in [2.75, 3.05) is 26.2 Å². The normalized spacial score (nSPS) is 29.3. The summed E-state index contributed by atoms with van der Waals surface area (Å²) >= 11 is 0. The van der Waals surface area contributed by atoms with Gasteiger partial charge in [-0.3, -0.25) is 9.59 Å². The summed E-state index contributed by atoms with van der Waals surface area (Å²) in [6, 6.07) is 0. The van der Waals surface area contributed by atoms with Crippen LogP contribution in [-0.2, 0) is 4.79 Å². The molecule has 2 aliphatic heterocycles. The molecule has 1 saturated carbocycles. The molecule has 1 aromatic rings. The van der Waals surface area contributed by atoms with Crippen molar-refractivity contribution in [3.05, 3.63) is 18.4 Å². The van der Waals surface area contributed by atoms with Crippen LogP contribution in [0.5, 0.6) is 0 Å². The Morgan fingerprint density at radius 3 is 2.80 bits per heavy atom. The number of aromatic nitrogens is 1. The molecular weight excluding hydrogens is 332 g/mol. The number of likely N-dealkylation sites (tertiary alicyclic amines) is 2. The van der Waals surface area contributed by atoms with Crippen LogP contribution < -0.4 is 0 Å². The van der Waals surface area contributed by atoms with Gasteiger partial charge in [-0.25, -0.2) is 13.8 Å². The fourth-order valence-electron chi connectivity index (χ4n) is 4.30. The molecule has 4 rings (SSSR count). The van der Waals surface area contributed by atoms with Crippen molar-refractivity contribution in [2.45, 2.75) is 38.0 Å². The average Bonchev–Trinajstić information content (AvgIpc) is 3.12. The summed E-state index contributed by atoms with van der Waals surface area (Å²) in [4.78, 5) is 31.9. The van der Waals surface area contributed by atoms with Crippen LogP contribution in [0.25, 0.3) is 0 Å². The first kappa shape index (κ1) is 16.5. The highest BCUT2D eigenvalue weighted by atomic mass is 19.3. The summed E-state index contributed by atoms with van der Waals surface area (Å²) in [5, 5.41) is 0. The third-order valence-electron chi connectivity index (χ3n) is 5.76. The van der Waals surface area contributed by atoms with E-state index in [0.717, 1.165) is 30.4 Å². The Bertz CT molecular complexity index is 675. The zero-order chi connectivity index (χ0) is 17.7. The van der Waals surface area contributed by atoms with Gasteiger partial charge in [-0.05, 0) is 25.2 Å². The van der Waals surface area contributed by atoms with Gasteiger partial charge in [-0.15, -0.1) is 0 Å². The molecule has 3 fully saturated rings. The zero-order valence-electron chi connectivity index (χ0n) is 13.9. The second-order valence-corrected chi connectivity index (χ2v) is 7.65. The lowest BCUT2D eigenvalue weighted by Gasteiger charge is -2.42. The molecule has 1 atom stereocenters. The van der Waals surface area contributed by atoms with Crippen LogP contribution in [0, 0.1) is 11.3 Å². The van der Waals surface area contributed by atoms with E-state index in [4.69, 9.17) is 4.42 Å². The number of alkyl halides is 2. The summed E-state index contributed by atoms with van der Waals surface area (Å²) < 4.78 is 33.5. The van der Waals surface area contributed by atoms with Crippen LogP contribution in [0.2, 0.25) is 0 Å². The van der Waals surface area contributed by atoms with Gasteiger partial charge in [0.2, 0.25) is 5.91 Å². The largest absolute Gasteiger partial charge is 0.451 e. The van der Waals surface area contributed by atoms with Crippen LogP contribution in [0.1, 0.15) is 42.6 Å². The van der Waals surface area contributed by atoms with E-state index in [0.29, 0.717) is 25.4 Å². The van der Waals surface area contributed by atoms with Gasteiger partial charge >= 0.3 is 0 Å². The predicted molar refractivity (Wildman–Crippen MR) is 82.9 cm³/mol. The first-order valence-electron chi connectivity index (χ1n) is 8.73. The summed E-state index contributed by atoms with van der Waals surface area (Å²) in [5.74, 6) is -3.43. The summed E-state index contributed by atoms with van der Waals surface area (Å²) in [6.45, 7) is 0.491. The highest BCUT2D eigenvalue weighted by molar-refractivity contribution is 5.93. The van der Waals surface area contributed by atoms with Gasteiger partial charge in [0.15, 0.2) is 12.1 Å². The number of halogens is 2. The second kappa shape index (κ2) is 5.78. The van der Waals surface area contributed by atoms with Gasteiger partial charge in [0.1, 0.15) is 6.26 Å². The van der Waals surface area contributed by atoms with Crippen molar-refractivity contribution in [3.63, 3.8) is 0 Å². The standard InChI is InChI=1S/C17H21F2N3O3/c18-17(19)8-16(4-5-21(15(16)24)6-12-2-1-3-12)9-22(10-17)14(23)13-7-25-11-20-13/h7,11-12H,1-6,8-10H2/t16-/m1/s1. The van der Waals surface area contributed by atoms with Gasteiger partial charge in [-0.1, -0.05) is 6.42 Å². The Morgan fingerprint density at radius 1 is 1.36 bits per heavy atom. The summed E-state index contributed by atoms with van der Waals surface area (Å²) in [6.07, 6.45) is 5.50. The van der Waals surface area contributed by atoms with Gasteiger partial charge < -0.3 is 14.2 Å². The highest BCUT2D eigenvalue weighted by Crippen LogP contribution is 2.46. The van der Waals surface area contributed by atoms with Crippen molar-refractivity contribution in [1.82, 2.24) is 14.8 Å². The van der Waals surface area contributed by atoms with Crippen molar-refractivity contribution in [2.24, 2.45) is 11.3 Å². The molecule has 3 aliphatic rings. The number of nitrogens with zero attached hydrogens (tertiary/aromatic N) is 3. The lowest BCUT2D eigenvalue weighted by molar-refractivity contribution is -0.151. The van der Waals surface area contributed by atoms with E-state index in [1.54, 1.807) is 4.90 Å². The Kier molecular flexibility index (Phi) is 3.81. The predicted octanol–water partition coefficient (Wildman–Crippen LogP) is 2.17. The lowest BCUT2D eigenvalue weighted by atomic mass is 9.76. The minimum Gasteiger partial charge on any atom is -0.451 e. The number of hydrogen-bond donors (Lipinski definition) is 0. The van der Waals surface area contributed by atoms with Gasteiger partial charge in [0.25, 0.3) is 11.8 Å². The highest BCUT2D eigenvalue weighted by Gasteiger charge is 2.58. The maximum absolute atomic E-state index is 14.4. The Morgan fingerprint density at radius 2 is 2.16 bits per heavy atom. The minimum absolute atomic E-state index is 0.00961. The topological polar surface area (TPSA) is 66.7 Å². The molecule has 0 aromatic carbocycles. The fourth-order valence-corrected chi connectivity index (χ4v) is 4.30. The number of carbonyl (C=O) groups excluding carboxylic acids is 2. The maximum atomic E-state index is 14.4. The van der Waals surface area contributed by atoms with E-state index >= 15 is 0 Å². The molecule has 1 spiro atoms. The first-order valence-corrected chi connectivity index (χ1v) is 8.73. The molecule has 2 saturated heterocycles. The lowest BCUT2D eigenvalue weighted by Crippen LogP contribution is -2.57. The van der Waals surface area contributed by atoms with Gasteiger partial charge in [0.05, 0.1) is 12.0 Å². The van der Waals surface area contributed by atoms with Crippen molar-refractivity contribution < 1.29 is 22.8 Å². The smallest absolute Gasteiger partial charge is 0.276 e. The van der Waals surface area contributed by atoms with E-state index in [2.05, 4.69) is 4.98 Å². The molecule has 2 amide bonds. The van der Waals surface area contributed by atoms with Crippen molar-refractivity contribution >= 4 is 11.8 Å². The number of oxazole rings is 1. The van der Waals surface area contributed by atoms with E-state index in [1.165, 1.54) is 6.42 Å². The molecule has 3 heterocycles. The van der Waals surface area contributed by atoms with E-state index in [-0.39, 0.29) is 18.1 Å². The molecule has 6 nitrogen and oxygen atoms in total. The van der Waals surface area contributed by atoms with Gasteiger partial charge in [-0.2, -0.15) is 0 Å². The maximum Gasteiger partial charge on any atom is 0.276 e. The molecule has 1 aromatic heterocycles. The summed E-state index contributed by atoms with van der Waals surface area (Å²) in [5.41, 5.74) is -1.19. The molecule has 136 valence electrons. The third-order valence-corrected chi connectivity index (χ3v) is 5.76. The van der Waals surface area contributed by atoms with Crippen molar-refractivity contribution in [1.29, 1.82) is 0 Å². The number of amides is 2. The molecule has 0 unspecified atom stereocenters. The average molecular weight is 353 g/mol. The van der Waals surface area contributed by atoms with Crippen LogP contribution >= 0.6 is 0 Å². The fraction of sp³-hybridized carbons (Fsp3) is 0.706. The Hall–Kier alpha value is -1.99. The zero-order valence-corrected chi connectivity index (χ0v) is 13.9. The quantitative estimate of drug-likeness (QED) is 0.835. The minimum atomic E-state index is -3.08. The number of piperidine rings is 1. The van der Waals surface area contributed by atoms with Gasteiger partial charge in [0, 0.05) is 26.1 Å². The third kappa shape index (κ3) is 2.91. The Balaban J connectivity index is 1.54. The number of rotatable bonds is 3. The van der Waals surface area contributed by atoms with Crippen LogP contribution in [0.4, 0.5) is 8.78 Å². The van der Waals surface area contributed by atoms with Crippen LogP contribution in [0.15, 0.2) is 17.1 Å². The monoisotopic (exact) mass is 353 g/mol. The first-order chi connectivity index (χ1) is 11.9. The number of carbonyl (C=O) groups is 2.